The predicted molar refractivity (Wildman–Crippen MR) is 107 cm³/mol. The van der Waals surface area contributed by atoms with Crippen LogP contribution in [0.4, 0.5) is 0 Å². The molecule has 0 spiro atoms. The molecule has 1 aliphatic rings. The summed E-state index contributed by atoms with van der Waals surface area (Å²) in [6.45, 7) is 3.47. The van der Waals surface area contributed by atoms with Gasteiger partial charge in [0, 0.05) is 42.3 Å². The number of para-hydroxylation sites is 1. The smallest absolute Gasteiger partial charge is 0.223 e. The second kappa shape index (κ2) is 8.35. The monoisotopic (exact) mass is 362 g/mol. The highest BCUT2D eigenvalue weighted by molar-refractivity contribution is 5.83. The Hall–Kier alpha value is -2.66. The molecular formula is C22H26N4O. The van der Waals surface area contributed by atoms with Crippen LogP contribution < -0.4 is 5.32 Å². The van der Waals surface area contributed by atoms with Crippen molar-refractivity contribution in [2.45, 2.75) is 25.8 Å². The fourth-order valence-electron chi connectivity index (χ4n) is 3.88. The van der Waals surface area contributed by atoms with Gasteiger partial charge in [0.1, 0.15) is 0 Å². The summed E-state index contributed by atoms with van der Waals surface area (Å²) in [5.41, 5.74) is 3.51. The molecule has 0 aliphatic carbocycles. The Labute approximate surface area is 159 Å². The van der Waals surface area contributed by atoms with E-state index in [0.29, 0.717) is 6.54 Å². The van der Waals surface area contributed by atoms with Gasteiger partial charge in [0.05, 0.1) is 5.69 Å². The maximum absolute atomic E-state index is 12.5. The lowest BCUT2D eigenvalue weighted by Gasteiger charge is -2.31. The van der Waals surface area contributed by atoms with Crippen molar-refractivity contribution in [3.8, 4) is 0 Å². The van der Waals surface area contributed by atoms with Crippen LogP contribution in [0.5, 0.6) is 0 Å². The predicted octanol–water partition coefficient (Wildman–Crippen LogP) is 3.13. The molecule has 0 radical (unpaired) electrons. The number of fused-ring (bicyclic) bond motifs is 1. The van der Waals surface area contributed by atoms with E-state index >= 15 is 0 Å². The molecular weight excluding hydrogens is 336 g/mol. The maximum atomic E-state index is 12.5. The summed E-state index contributed by atoms with van der Waals surface area (Å²) in [7, 11) is 0. The molecule has 0 atom stereocenters. The number of hydrogen-bond acceptors (Lipinski definition) is 3. The van der Waals surface area contributed by atoms with Crippen molar-refractivity contribution in [2.75, 3.05) is 19.6 Å². The van der Waals surface area contributed by atoms with E-state index in [1.54, 1.807) is 0 Å². The van der Waals surface area contributed by atoms with Gasteiger partial charge in [-0.05, 0) is 56.1 Å². The highest BCUT2D eigenvalue weighted by Gasteiger charge is 2.24. The summed E-state index contributed by atoms with van der Waals surface area (Å²) in [6.07, 6.45) is 6.59. The third kappa shape index (κ3) is 4.37. The minimum atomic E-state index is 0.132. The van der Waals surface area contributed by atoms with Gasteiger partial charge in [0.25, 0.3) is 0 Å². The van der Waals surface area contributed by atoms with E-state index in [2.05, 4.69) is 44.5 Å². The largest absolute Gasteiger partial charge is 0.361 e. The van der Waals surface area contributed by atoms with Gasteiger partial charge in [0.2, 0.25) is 5.91 Å². The molecule has 3 heterocycles. The number of piperidine rings is 1. The van der Waals surface area contributed by atoms with E-state index in [9.17, 15) is 4.79 Å². The summed E-state index contributed by atoms with van der Waals surface area (Å²) in [6, 6.07) is 14.3. The quantitative estimate of drug-likeness (QED) is 0.708. The minimum absolute atomic E-state index is 0.132. The van der Waals surface area contributed by atoms with E-state index < -0.39 is 0 Å². The number of nitrogens with zero attached hydrogens (tertiary/aromatic N) is 2. The fraction of sp³-hybridized carbons (Fsp3) is 0.364. The van der Waals surface area contributed by atoms with Crippen LogP contribution in [-0.2, 0) is 17.8 Å². The van der Waals surface area contributed by atoms with E-state index in [1.807, 2.05) is 30.6 Å². The van der Waals surface area contributed by atoms with E-state index in [-0.39, 0.29) is 11.8 Å². The van der Waals surface area contributed by atoms with Crippen LogP contribution in [0, 0.1) is 5.92 Å². The Balaban J connectivity index is 1.21. The highest BCUT2D eigenvalue weighted by atomic mass is 16.1. The number of carbonyl (C=O) groups excluding carboxylic acids is 1. The minimum Gasteiger partial charge on any atom is -0.361 e. The number of nitrogens with one attached hydrogen (secondary N) is 2. The average Bonchev–Trinajstić information content (AvgIpc) is 3.12. The number of aromatic amines is 1. The molecule has 27 heavy (non-hydrogen) atoms. The number of pyridine rings is 1. The Bertz CT molecular complexity index is 881. The summed E-state index contributed by atoms with van der Waals surface area (Å²) >= 11 is 0. The first-order valence-electron chi connectivity index (χ1n) is 9.74. The molecule has 1 aliphatic heterocycles. The molecule has 140 valence electrons. The van der Waals surface area contributed by atoms with Gasteiger partial charge >= 0.3 is 0 Å². The van der Waals surface area contributed by atoms with Crippen molar-refractivity contribution in [1.29, 1.82) is 0 Å². The number of likely N-dealkylation sites (tertiary alicyclic amines) is 1. The van der Waals surface area contributed by atoms with Gasteiger partial charge < -0.3 is 10.3 Å². The van der Waals surface area contributed by atoms with Crippen LogP contribution in [0.25, 0.3) is 10.9 Å². The molecule has 1 saturated heterocycles. The third-order valence-corrected chi connectivity index (χ3v) is 5.44. The SMILES string of the molecule is O=C(NCCc1c[nH]c2ccccc12)C1CCN(Cc2ccccn2)CC1. The van der Waals surface area contributed by atoms with Crippen LogP contribution in [0.2, 0.25) is 0 Å². The van der Waals surface area contributed by atoms with Crippen molar-refractivity contribution >= 4 is 16.8 Å². The Morgan fingerprint density at radius 3 is 2.78 bits per heavy atom. The normalized spacial score (nSPS) is 15.9. The summed E-state index contributed by atoms with van der Waals surface area (Å²) in [4.78, 5) is 22.6. The molecule has 3 aromatic rings. The van der Waals surface area contributed by atoms with Gasteiger partial charge in [-0.3, -0.25) is 14.7 Å². The number of benzene rings is 1. The third-order valence-electron chi connectivity index (χ3n) is 5.44. The van der Waals surface area contributed by atoms with Gasteiger partial charge in [-0.1, -0.05) is 24.3 Å². The van der Waals surface area contributed by atoms with Crippen molar-refractivity contribution in [2.24, 2.45) is 5.92 Å². The Kier molecular flexibility index (Phi) is 5.49. The molecule has 5 nitrogen and oxygen atoms in total. The summed E-state index contributed by atoms with van der Waals surface area (Å²) in [5.74, 6) is 0.334. The molecule has 2 N–H and O–H groups in total. The first kappa shape index (κ1) is 17.7. The molecule has 4 rings (SSSR count). The van der Waals surface area contributed by atoms with Crippen molar-refractivity contribution in [1.82, 2.24) is 20.2 Å². The van der Waals surface area contributed by atoms with E-state index in [1.165, 1.54) is 10.9 Å². The first-order chi connectivity index (χ1) is 13.3. The zero-order valence-electron chi connectivity index (χ0n) is 15.5. The topological polar surface area (TPSA) is 61.0 Å². The molecule has 5 heteroatoms. The van der Waals surface area contributed by atoms with Crippen LogP contribution in [-0.4, -0.2) is 40.4 Å². The Morgan fingerprint density at radius 1 is 1.15 bits per heavy atom. The second-order valence-electron chi connectivity index (χ2n) is 7.27. The number of hydrogen-bond donors (Lipinski definition) is 2. The lowest BCUT2D eigenvalue weighted by atomic mass is 9.95. The molecule has 1 fully saturated rings. The number of aromatic nitrogens is 2. The van der Waals surface area contributed by atoms with Gasteiger partial charge in [-0.15, -0.1) is 0 Å². The van der Waals surface area contributed by atoms with Crippen LogP contribution in [0.15, 0.2) is 54.9 Å². The fourth-order valence-corrected chi connectivity index (χ4v) is 3.88. The van der Waals surface area contributed by atoms with Crippen molar-refractivity contribution in [3.05, 3.63) is 66.1 Å². The van der Waals surface area contributed by atoms with Crippen molar-refractivity contribution in [3.63, 3.8) is 0 Å². The molecule has 0 saturated carbocycles. The van der Waals surface area contributed by atoms with Crippen LogP contribution in [0.3, 0.4) is 0 Å². The van der Waals surface area contributed by atoms with E-state index in [0.717, 1.165) is 50.1 Å². The molecule has 2 aromatic heterocycles. The standard InChI is InChI=1S/C22H26N4O/c27-22(24-12-8-18-15-25-21-7-2-1-6-20(18)21)17-9-13-26(14-10-17)16-19-5-3-4-11-23-19/h1-7,11,15,17,25H,8-10,12-14,16H2,(H,24,27). The molecule has 1 aromatic carbocycles. The summed E-state index contributed by atoms with van der Waals surface area (Å²) in [5, 5.41) is 4.38. The van der Waals surface area contributed by atoms with Gasteiger partial charge in [-0.25, -0.2) is 0 Å². The number of H-pyrrole nitrogens is 1. The summed E-state index contributed by atoms with van der Waals surface area (Å²) < 4.78 is 0. The van der Waals surface area contributed by atoms with Crippen LogP contribution in [0.1, 0.15) is 24.1 Å². The lowest BCUT2D eigenvalue weighted by Crippen LogP contribution is -2.40. The average molecular weight is 362 g/mol. The van der Waals surface area contributed by atoms with Gasteiger partial charge in [0.15, 0.2) is 0 Å². The van der Waals surface area contributed by atoms with E-state index in [4.69, 9.17) is 0 Å². The zero-order valence-corrected chi connectivity index (χ0v) is 15.5. The maximum Gasteiger partial charge on any atom is 0.223 e. The number of amides is 1. The highest BCUT2D eigenvalue weighted by Crippen LogP contribution is 2.20. The molecule has 0 bridgehead atoms. The van der Waals surface area contributed by atoms with Gasteiger partial charge in [-0.2, -0.15) is 0 Å². The Morgan fingerprint density at radius 2 is 1.96 bits per heavy atom. The zero-order chi connectivity index (χ0) is 18.5. The first-order valence-corrected chi connectivity index (χ1v) is 9.74. The lowest BCUT2D eigenvalue weighted by molar-refractivity contribution is -0.126. The number of rotatable bonds is 6. The molecule has 0 unspecified atom stereocenters. The van der Waals surface area contributed by atoms with Crippen molar-refractivity contribution < 1.29 is 4.79 Å². The second-order valence-corrected chi connectivity index (χ2v) is 7.27. The van der Waals surface area contributed by atoms with Crippen LogP contribution >= 0.6 is 0 Å². The number of carbonyl (C=O) groups is 1. The molecule has 1 amide bonds.